The van der Waals surface area contributed by atoms with E-state index in [1.807, 2.05) is 6.07 Å². The molecule has 0 aliphatic carbocycles. The standard InChI is InChI=1S/C13H20FN/c1-10(2)12-5-3-4-11(8-12)6-7-13(14)9-15/h3-5,8,10,13H,6-7,9,15H2,1-2H3. The number of alkyl halides is 1. The summed E-state index contributed by atoms with van der Waals surface area (Å²) in [6.07, 6.45) is 0.435. The smallest absolute Gasteiger partial charge is 0.113 e. The van der Waals surface area contributed by atoms with Crippen molar-refractivity contribution < 1.29 is 4.39 Å². The van der Waals surface area contributed by atoms with Crippen molar-refractivity contribution in [1.29, 1.82) is 0 Å². The van der Waals surface area contributed by atoms with Gasteiger partial charge in [0.15, 0.2) is 0 Å². The minimum Gasteiger partial charge on any atom is -0.328 e. The molecule has 15 heavy (non-hydrogen) atoms. The van der Waals surface area contributed by atoms with Gasteiger partial charge in [-0.2, -0.15) is 0 Å². The van der Waals surface area contributed by atoms with Crippen LogP contribution in [0.4, 0.5) is 4.39 Å². The molecule has 84 valence electrons. The van der Waals surface area contributed by atoms with E-state index in [0.29, 0.717) is 12.3 Å². The van der Waals surface area contributed by atoms with E-state index >= 15 is 0 Å². The van der Waals surface area contributed by atoms with Gasteiger partial charge in [-0.1, -0.05) is 38.1 Å². The molecular weight excluding hydrogens is 189 g/mol. The van der Waals surface area contributed by atoms with Crippen molar-refractivity contribution in [3.8, 4) is 0 Å². The zero-order valence-corrected chi connectivity index (χ0v) is 9.54. The Morgan fingerprint density at radius 3 is 2.67 bits per heavy atom. The van der Waals surface area contributed by atoms with E-state index in [1.54, 1.807) is 0 Å². The maximum absolute atomic E-state index is 13.0. The second kappa shape index (κ2) is 5.86. The average Bonchev–Trinajstić information content (AvgIpc) is 2.26. The molecule has 1 rings (SSSR count). The Kier molecular flexibility index (Phi) is 4.76. The van der Waals surface area contributed by atoms with Gasteiger partial charge < -0.3 is 5.73 Å². The van der Waals surface area contributed by atoms with Crippen LogP contribution in [0.15, 0.2) is 24.3 Å². The van der Waals surface area contributed by atoms with Crippen molar-refractivity contribution >= 4 is 0 Å². The number of benzene rings is 1. The van der Waals surface area contributed by atoms with Crippen molar-refractivity contribution in [2.75, 3.05) is 6.54 Å². The van der Waals surface area contributed by atoms with Gasteiger partial charge in [-0.15, -0.1) is 0 Å². The van der Waals surface area contributed by atoms with Crippen LogP contribution in [0.5, 0.6) is 0 Å². The summed E-state index contributed by atoms with van der Waals surface area (Å²) >= 11 is 0. The number of nitrogens with two attached hydrogens (primary N) is 1. The minimum atomic E-state index is -0.868. The molecule has 0 heterocycles. The van der Waals surface area contributed by atoms with E-state index in [9.17, 15) is 4.39 Å². The molecule has 0 saturated heterocycles. The van der Waals surface area contributed by atoms with Crippen molar-refractivity contribution in [3.63, 3.8) is 0 Å². The number of aryl methyl sites for hydroxylation is 1. The zero-order valence-electron chi connectivity index (χ0n) is 9.54. The van der Waals surface area contributed by atoms with Crippen LogP contribution in [-0.2, 0) is 6.42 Å². The highest BCUT2D eigenvalue weighted by atomic mass is 19.1. The lowest BCUT2D eigenvalue weighted by atomic mass is 9.98. The minimum absolute atomic E-state index is 0.129. The Morgan fingerprint density at radius 1 is 1.33 bits per heavy atom. The van der Waals surface area contributed by atoms with Gasteiger partial charge in [0.25, 0.3) is 0 Å². The summed E-state index contributed by atoms with van der Waals surface area (Å²) in [5.74, 6) is 0.528. The Labute approximate surface area is 91.5 Å². The first-order valence-electron chi connectivity index (χ1n) is 5.56. The molecule has 0 radical (unpaired) electrons. The van der Waals surface area contributed by atoms with Gasteiger partial charge in [-0.05, 0) is 29.9 Å². The van der Waals surface area contributed by atoms with Crippen molar-refractivity contribution in [2.45, 2.75) is 38.8 Å². The molecule has 1 nitrogen and oxygen atoms in total. The molecule has 0 aliphatic heterocycles. The van der Waals surface area contributed by atoms with Crippen LogP contribution in [0.2, 0.25) is 0 Å². The van der Waals surface area contributed by atoms with Crippen LogP contribution in [0.25, 0.3) is 0 Å². The van der Waals surface area contributed by atoms with E-state index in [-0.39, 0.29) is 6.54 Å². The fourth-order valence-electron chi connectivity index (χ4n) is 1.55. The summed E-state index contributed by atoms with van der Waals surface area (Å²) in [5.41, 5.74) is 7.76. The maximum Gasteiger partial charge on any atom is 0.113 e. The number of hydrogen-bond acceptors (Lipinski definition) is 1. The van der Waals surface area contributed by atoms with Crippen molar-refractivity contribution in [3.05, 3.63) is 35.4 Å². The monoisotopic (exact) mass is 209 g/mol. The number of rotatable bonds is 5. The summed E-state index contributed by atoms with van der Waals surface area (Å²) in [6.45, 7) is 4.46. The molecule has 2 heteroatoms. The fraction of sp³-hybridized carbons (Fsp3) is 0.538. The van der Waals surface area contributed by atoms with E-state index in [2.05, 4.69) is 32.0 Å². The van der Waals surface area contributed by atoms with Crippen LogP contribution in [0, 0.1) is 0 Å². The summed E-state index contributed by atoms with van der Waals surface area (Å²) in [5, 5.41) is 0. The molecule has 0 saturated carbocycles. The lowest BCUT2D eigenvalue weighted by Crippen LogP contribution is -2.15. The maximum atomic E-state index is 13.0. The molecule has 1 atom stereocenters. The highest BCUT2D eigenvalue weighted by Gasteiger charge is 2.05. The third-order valence-electron chi connectivity index (χ3n) is 2.62. The molecule has 0 amide bonds. The molecule has 0 aliphatic rings. The highest BCUT2D eigenvalue weighted by Crippen LogP contribution is 2.17. The third-order valence-corrected chi connectivity index (χ3v) is 2.62. The normalized spacial score (nSPS) is 13.1. The van der Waals surface area contributed by atoms with Crippen molar-refractivity contribution in [1.82, 2.24) is 0 Å². The third kappa shape index (κ3) is 4.00. The molecule has 0 aromatic heterocycles. The molecule has 1 aromatic rings. The number of halogens is 1. The Hall–Kier alpha value is -0.890. The molecule has 0 fully saturated rings. The molecule has 0 bridgehead atoms. The molecule has 0 spiro atoms. The SMILES string of the molecule is CC(C)c1cccc(CCC(F)CN)c1. The summed E-state index contributed by atoms with van der Waals surface area (Å²) in [6, 6.07) is 8.37. The molecule has 2 N–H and O–H groups in total. The second-order valence-electron chi connectivity index (χ2n) is 4.27. The van der Waals surface area contributed by atoms with Gasteiger partial charge in [-0.25, -0.2) is 4.39 Å². The first kappa shape index (κ1) is 12.2. The Morgan fingerprint density at radius 2 is 2.07 bits per heavy atom. The van der Waals surface area contributed by atoms with Crippen LogP contribution in [0.1, 0.15) is 37.3 Å². The van der Waals surface area contributed by atoms with Gasteiger partial charge in [-0.3, -0.25) is 0 Å². The summed E-state index contributed by atoms with van der Waals surface area (Å²) in [4.78, 5) is 0. The lowest BCUT2D eigenvalue weighted by Gasteiger charge is -2.09. The first-order valence-corrected chi connectivity index (χ1v) is 5.56. The van der Waals surface area contributed by atoms with Crippen molar-refractivity contribution in [2.24, 2.45) is 5.73 Å². The van der Waals surface area contributed by atoms with Crippen LogP contribution in [-0.4, -0.2) is 12.7 Å². The lowest BCUT2D eigenvalue weighted by molar-refractivity contribution is 0.323. The van der Waals surface area contributed by atoms with Gasteiger partial charge in [0.05, 0.1) is 0 Å². The quantitative estimate of drug-likeness (QED) is 0.792. The fourth-order valence-corrected chi connectivity index (χ4v) is 1.55. The van der Waals surface area contributed by atoms with E-state index in [4.69, 9.17) is 5.73 Å². The van der Waals surface area contributed by atoms with E-state index < -0.39 is 6.17 Å². The predicted molar refractivity (Wildman–Crippen MR) is 62.8 cm³/mol. The van der Waals surface area contributed by atoms with Crippen LogP contribution < -0.4 is 5.73 Å². The zero-order chi connectivity index (χ0) is 11.3. The van der Waals surface area contributed by atoms with Crippen LogP contribution >= 0.6 is 0 Å². The Bertz CT molecular complexity index is 296. The second-order valence-corrected chi connectivity index (χ2v) is 4.27. The topological polar surface area (TPSA) is 26.0 Å². The molecule has 1 aromatic carbocycles. The highest BCUT2D eigenvalue weighted by molar-refractivity contribution is 5.25. The van der Waals surface area contributed by atoms with E-state index in [1.165, 1.54) is 11.1 Å². The van der Waals surface area contributed by atoms with Gasteiger partial charge in [0.2, 0.25) is 0 Å². The summed E-state index contributed by atoms with van der Waals surface area (Å²) in [7, 11) is 0. The summed E-state index contributed by atoms with van der Waals surface area (Å²) < 4.78 is 13.0. The predicted octanol–water partition coefficient (Wildman–Crippen LogP) is 3.04. The number of hydrogen-bond donors (Lipinski definition) is 1. The molecule has 1 unspecified atom stereocenters. The van der Waals surface area contributed by atoms with E-state index in [0.717, 1.165) is 6.42 Å². The largest absolute Gasteiger partial charge is 0.328 e. The van der Waals surface area contributed by atoms with Gasteiger partial charge >= 0.3 is 0 Å². The van der Waals surface area contributed by atoms with Gasteiger partial charge in [0, 0.05) is 6.54 Å². The molecular formula is C13H20FN. The van der Waals surface area contributed by atoms with Crippen LogP contribution in [0.3, 0.4) is 0 Å². The Balaban J connectivity index is 2.58. The van der Waals surface area contributed by atoms with Gasteiger partial charge in [0.1, 0.15) is 6.17 Å². The first-order chi connectivity index (χ1) is 7.13. The average molecular weight is 209 g/mol.